The minimum atomic E-state index is -0.851. The third-order valence-corrected chi connectivity index (χ3v) is 7.26. The summed E-state index contributed by atoms with van der Waals surface area (Å²) >= 11 is 0. The fourth-order valence-electron chi connectivity index (χ4n) is 5.58. The lowest BCUT2D eigenvalue weighted by Crippen LogP contribution is -2.53. The molecule has 0 saturated heterocycles. The predicted octanol–water partition coefficient (Wildman–Crippen LogP) is 5.18. The fourth-order valence-corrected chi connectivity index (χ4v) is 5.58. The Hall–Kier alpha value is -2.10. The Labute approximate surface area is 168 Å². The van der Waals surface area contributed by atoms with E-state index in [4.69, 9.17) is 4.74 Å². The second-order valence-electron chi connectivity index (χ2n) is 9.45. The molecule has 0 unspecified atom stereocenters. The Bertz CT molecular complexity index is 753. The monoisotopic (exact) mass is 384 g/mol. The average molecular weight is 385 g/mol. The van der Waals surface area contributed by atoms with Gasteiger partial charge in [-0.15, -0.1) is 0 Å². The molecule has 3 rings (SSSR count). The molecule has 0 heterocycles. The number of esters is 1. The summed E-state index contributed by atoms with van der Waals surface area (Å²) in [5, 5.41) is 10.0. The molecular weight excluding hydrogens is 352 g/mol. The summed E-state index contributed by atoms with van der Waals surface area (Å²) in [6.45, 7) is 8.31. The number of benzene rings is 1. The van der Waals surface area contributed by atoms with Crippen LogP contribution >= 0.6 is 0 Å². The molecule has 28 heavy (non-hydrogen) atoms. The molecule has 0 spiro atoms. The van der Waals surface area contributed by atoms with Crippen molar-refractivity contribution in [2.75, 3.05) is 0 Å². The quantitative estimate of drug-likeness (QED) is 0.561. The molecule has 2 saturated carbocycles. The molecule has 1 aromatic carbocycles. The Morgan fingerprint density at radius 3 is 2.43 bits per heavy atom. The van der Waals surface area contributed by atoms with E-state index in [9.17, 15) is 14.7 Å². The van der Waals surface area contributed by atoms with Gasteiger partial charge in [-0.1, -0.05) is 51.1 Å². The van der Waals surface area contributed by atoms with Gasteiger partial charge in [0, 0.05) is 12.0 Å². The molecule has 0 bridgehead atoms. The van der Waals surface area contributed by atoms with E-state index >= 15 is 0 Å². The maximum atomic E-state index is 12.7. The van der Waals surface area contributed by atoms with E-state index in [-0.39, 0.29) is 29.3 Å². The number of fused-ring (bicyclic) bond motifs is 1. The number of aliphatic carboxylic acids is 1. The number of ether oxygens (including phenoxy) is 1. The van der Waals surface area contributed by atoms with Gasteiger partial charge in [0.05, 0.1) is 5.41 Å². The van der Waals surface area contributed by atoms with E-state index in [1.165, 1.54) is 6.08 Å². The summed E-state index contributed by atoms with van der Waals surface area (Å²) in [6.07, 6.45) is 6.33. The molecule has 0 aromatic heterocycles. The van der Waals surface area contributed by atoms with Crippen molar-refractivity contribution in [1.82, 2.24) is 0 Å². The molecule has 2 aliphatic carbocycles. The first-order valence-electron chi connectivity index (χ1n) is 10.3. The van der Waals surface area contributed by atoms with Gasteiger partial charge in [-0.05, 0) is 61.5 Å². The third kappa shape index (κ3) is 3.74. The van der Waals surface area contributed by atoms with Crippen molar-refractivity contribution in [3.8, 4) is 0 Å². The first-order valence-corrected chi connectivity index (χ1v) is 10.3. The van der Waals surface area contributed by atoms with Gasteiger partial charge >= 0.3 is 11.9 Å². The van der Waals surface area contributed by atoms with E-state index in [0.717, 1.165) is 24.8 Å². The van der Waals surface area contributed by atoms with Gasteiger partial charge in [0.25, 0.3) is 0 Å². The Morgan fingerprint density at radius 1 is 1.14 bits per heavy atom. The first kappa shape index (κ1) is 20.6. The first-order chi connectivity index (χ1) is 13.2. The lowest BCUT2D eigenvalue weighted by atomic mass is 9.57. The Kier molecular flexibility index (Phi) is 5.69. The second-order valence-corrected chi connectivity index (χ2v) is 9.45. The standard InChI is InChI=1S/C24H32O4/c1-16(2)18-12-13-23(3)14-15-24(4,22(26)27)21(23)20(18)28-19(25)11-10-17-8-6-5-7-9-17/h5-11,16,18,20-21H,12-15H2,1-4H3,(H,26,27)/b11-10+/t18-,20+,21+,23-,24+/m0/s1. The summed E-state index contributed by atoms with van der Waals surface area (Å²) in [5.74, 6) is -0.800. The zero-order chi connectivity index (χ0) is 20.5. The largest absolute Gasteiger partial charge is 0.481 e. The molecule has 4 nitrogen and oxygen atoms in total. The van der Waals surface area contributed by atoms with Crippen LogP contribution in [0.3, 0.4) is 0 Å². The minimum absolute atomic E-state index is 0.0907. The van der Waals surface area contributed by atoms with Crippen LogP contribution in [0.1, 0.15) is 58.9 Å². The van der Waals surface area contributed by atoms with Gasteiger partial charge < -0.3 is 9.84 Å². The zero-order valence-electron chi connectivity index (χ0n) is 17.4. The van der Waals surface area contributed by atoms with Gasteiger partial charge in [0.15, 0.2) is 0 Å². The number of carbonyl (C=O) groups is 2. The van der Waals surface area contributed by atoms with Crippen molar-refractivity contribution < 1.29 is 19.4 Å². The van der Waals surface area contributed by atoms with Crippen molar-refractivity contribution in [2.24, 2.45) is 28.6 Å². The Balaban J connectivity index is 1.88. The normalized spacial score (nSPS) is 35.1. The van der Waals surface area contributed by atoms with Crippen LogP contribution in [0.5, 0.6) is 0 Å². The molecule has 0 aliphatic heterocycles. The molecule has 152 valence electrons. The number of hydrogen-bond acceptors (Lipinski definition) is 3. The van der Waals surface area contributed by atoms with E-state index in [1.54, 1.807) is 6.08 Å². The van der Waals surface area contributed by atoms with Gasteiger partial charge in [-0.25, -0.2) is 4.79 Å². The number of rotatable bonds is 5. The highest BCUT2D eigenvalue weighted by molar-refractivity contribution is 5.87. The molecule has 0 radical (unpaired) electrons. The summed E-state index contributed by atoms with van der Waals surface area (Å²) < 4.78 is 6.02. The maximum Gasteiger partial charge on any atom is 0.331 e. The van der Waals surface area contributed by atoms with Crippen LogP contribution in [0.2, 0.25) is 0 Å². The summed E-state index contributed by atoms with van der Waals surface area (Å²) in [4.78, 5) is 24.9. The SMILES string of the molecule is CC(C)[C@@H]1CC[C@@]2(C)CC[C@@](C)(C(=O)O)[C@@H]2[C@@H]1OC(=O)/C=C/c1ccccc1. The van der Waals surface area contributed by atoms with Crippen molar-refractivity contribution in [3.63, 3.8) is 0 Å². The molecule has 2 fully saturated rings. The van der Waals surface area contributed by atoms with Crippen LogP contribution in [-0.4, -0.2) is 23.1 Å². The fraction of sp³-hybridized carbons (Fsp3) is 0.583. The lowest BCUT2D eigenvalue weighted by molar-refractivity contribution is -0.176. The zero-order valence-corrected chi connectivity index (χ0v) is 17.4. The molecule has 1 aromatic rings. The number of hydrogen-bond donors (Lipinski definition) is 1. The van der Waals surface area contributed by atoms with Crippen LogP contribution in [0.15, 0.2) is 36.4 Å². The van der Waals surface area contributed by atoms with Crippen molar-refractivity contribution in [3.05, 3.63) is 42.0 Å². The van der Waals surface area contributed by atoms with E-state index in [2.05, 4.69) is 20.8 Å². The van der Waals surface area contributed by atoms with Crippen molar-refractivity contribution >= 4 is 18.0 Å². The van der Waals surface area contributed by atoms with E-state index < -0.39 is 11.4 Å². The summed E-state index contributed by atoms with van der Waals surface area (Å²) in [7, 11) is 0. The van der Waals surface area contributed by atoms with E-state index in [1.807, 2.05) is 37.3 Å². The highest BCUT2D eigenvalue weighted by Crippen LogP contribution is 2.62. The van der Waals surface area contributed by atoms with Crippen LogP contribution in [0, 0.1) is 28.6 Å². The van der Waals surface area contributed by atoms with Gasteiger partial charge in [0.2, 0.25) is 0 Å². The number of carbonyl (C=O) groups excluding carboxylic acids is 1. The predicted molar refractivity (Wildman–Crippen MR) is 109 cm³/mol. The van der Waals surface area contributed by atoms with Crippen molar-refractivity contribution in [1.29, 1.82) is 0 Å². The molecule has 0 amide bonds. The lowest BCUT2D eigenvalue weighted by Gasteiger charge is -2.50. The molecule has 1 N–H and O–H groups in total. The van der Waals surface area contributed by atoms with Crippen LogP contribution in [0.4, 0.5) is 0 Å². The summed E-state index contributed by atoms with van der Waals surface area (Å²) in [6, 6.07) is 9.62. The highest BCUT2D eigenvalue weighted by atomic mass is 16.5. The van der Waals surface area contributed by atoms with E-state index in [0.29, 0.717) is 12.3 Å². The average Bonchev–Trinajstić information content (AvgIpc) is 2.94. The third-order valence-electron chi connectivity index (χ3n) is 7.26. The minimum Gasteiger partial charge on any atom is -0.481 e. The molecular formula is C24H32O4. The van der Waals surface area contributed by atoms with Crippen LogP contribution < -0.4 is 0 Å². The topological polar surface area (TPSA) is 63.6 Å². The van der Waals surface area contributed by atoms with Crippen molar-refractivity contribution in [2.45, 2.75) is 59.5 Å². The smallest absolute Gasteiger partial charge is 0.331 e. The second kappa shape index (κ2) is 7.73. The molecule has 2 aliphatic rings. The van der Waals surface area contributed by atoms with Gasteiger partial charge in [0.1, 0.15) is 6.10 Å². The molecule has 4 heteroatoms. The van der Waals surface area contributed by atoms with Crippen LogP contribution in [0.25, 0.3) is 6.08 Å². The Morgan fingerprint density at radius 2 is 1.82 bits per heavy atom. The number of carboxylic acids is 1. The van der Waals surface area contributed by atoms with Gasteiger partial charge in [-0.3, -0.25) is 4.79 Å². The highest BCUT2D eigenvalue weighted by Gasteiger charge is 2.63. The molecule has 5 atom stereocenters. The summed E-state index contributed by atoms with van der Waals surface area (Å²) in [5.41, 5.74) is -0.00665. The van der Waals surface area contributed by atoms with Gasteiger partial charge in [-0.2, -0.15) is 0 Å². The van der Waals surface area contributed by atoms with Crippen LogP contribution in [-0.2, 0) is 14.3 Å². The number of carboxylic acid groups (broad SMARTS) is 1. The maximum absolute atomic E-state index is 12.7.